The lowest BCUT2D eigenvalue weighted by atomic mass is 10.2. The van der Waals surface area contributed by atoms with Crippen molar-refractivity contribution in [2.75, 3.05) is 13.2 Å². The summed E-state index contributed by atoms with van der Waals surface area (Å²) in [5.74, 6) is 0. The van der Waals surface area contributed by atoms with Crippen molar-refractivity contribution in [3.8, 4) is 0 Å². The van der Waals surface area contributed by atoms with Gasteiger partial charge in [-0.25, -0.2) is 0 Å². The van der Waals surface area contributed by atoms with Crippen LogP contribution in [-0.2, 0) is 4.74 Å². The van der Waals surface area contributed by atoms with Crippen molar-refractivity contribution in [3.63, 3.8) is 0 Å². The molecule has 0 aliphatic heterocycles. The third kappa shape index (κ3) is 7.98. The van der Waals surface area contributed by atoms with Gasteiger partial charge >= 0.3 is 0 Å². The van der Waals surface area contributed by atoms with E-state index in [1.54, 1.807) is 0 Å². The highest BCUT2D eigenvalue weighted by Crippen LogP contribution is 2.02. The minimum atomic E-state index is -0.267. The Morgan fingerprint density at radius 2 is 1.83 bits per heavy atom. The molecule has 0 aliphatic carbocycles. The summed E-state index contributed by atoms with van der Waals surface area (Å²) in [7, 11) is 0. The van der Waals surface area contributed by atoms with Crippen molar-refractivity contribution in [2.24, 2.45) is 11.5 Å². The topological polar surface area (TPSA) is 61.3 Å². The van der Waals surface area contributed by atoms with E-state index in [1.165, 1.54) is 25.7 Å². The van der Waals surface area contributed by atoms with Gasteiger partial charge in [0, 0.05) is 13.2 Å². The van der Waals surface area contributed by atoms with E-state index in [0.717, 1.165) is 13.0 Å². The fourth-order valence-corrected chi connectivity index (χ4v) is 1.01. The first-order valence-corrected chi connectivity index (χ1v) is 4.88. The van der Waals surface area contributed by atoms with Crippen LogP contribution in [0.5, 0.6) is 0 Å². The molecular formula is C9H22N2O. The summed E-state index contributed by atoms with van der Waals surface area (Å²) in [6, 6.07) is 0. The predicted molar refractivity (Wildman–Crippen MR) is 51.7 cm³/mol. The van der Waals surface area contributed by atoms with Crippen molar-refractivity contribution in [3.05, 3.63) is 0 Å². The fourth-order valence-electron chi connectivity index (χ4n) is 1.01. The Labute approximate surface area is 75.5 Å². The van der Waals surface area contributed by atoms with Crippen LogP contribution < -0.4 is 11.5 Å². The Bertz CT molecular complexity index is 88.6. The molecule has 0 spiro atoms. The lowest BCUT2D eigenvalue weighted by molar-refractivity contribution is 0.0608. The van der Waals surface area contributed by atoms with E-state index in [9.17, 15) is 0 Å². The standard InChI is InChI=1S/C9H22N2O/c1-2-3-4-5-6-7-12-9(11)8-10/h9H,2-8,10-11H2,1H3. The maximum absolute atomic E-state index is 5.47. The lowest BCUT2D eigenvalue weighted by Crippen LogP contribution is -2.32. The monoisotopic (exact) mass is 174 g/mol. The van der Waals surface area contributed by atoms with E-state index in [1.807, 2.05) is 0 Å². The average Bonchev–Trinajstić information content (AvgIpc) is 2.10. The zero-order valence-corrected chi connectivity index (χ0v) is 8.09. The molecule has 1 unspecified atom stereocenters. The van der Waals surface area contributed by atoms with Crippen LogP contribution in [0.2, 0.25) is 0 Å². The second kappa shape index (κ2) is 8.97. The highest BCUT2D eigenvalue weighted by atomic mass is 16.5. The number of hydrogen-bond donors (Lipinski definition) is 2. The Hall–Kier alpha value is -0.120. The summed E-state index contributed by atoms with van der Waals surface area (Å²) in [6.45, 7) is 3.37. The quantitative estimate of drug-likeness (QED) is 0.429. The molecule has 74 valence electrons. The maximum atomic E-state index is 5.47. The van der Waals surface area contributed by atoms with Crippen molar-refractivity contribution in [1.82, 2.24) is 0 Å². The number of hydrogen-bond acceptors (Lipinski definition) is 3. The molecule has 0 aromatic rings. The van der Waals surface area contributed by atoms with Gasteiger partial charge in [-0.05, 0) is 6.42 Å². The minimum absolute atomic E-state index is 0.267. The van der Waals surface area contributed by atoms with Crippen LogP contribution in [0.3, 0.4) is 0 Å². The third-order valence-corrected chi connectivity index (χ3v) is 1.81. The van der Waals surface area contributed by atoms with Gasteiger partial charge in [0.25, 0.3) is 0 Å². The second-order valence-electron chi connectivity index (χ2n) is 3.06. The molecule has 3 heteroatoms. The van der Waals surface area contributed by atoms with Gasteiger partial charge in [0.05, 0.1) is 0 Å². The van der Waals surface area contributed by atoms with Gasteiger partial charge in [-0.2, -0.15) is 0 Å². The molecule has 1 atom stereocenters. The van der Waals surface area contributed by atoms with E-state index in [-0.39, 0.29) is 6.23 Å². The van der Waals surface area contributed by atoms with E-state index in [0.29, 0.717) is 6.54 Å². The van der Waals surface area contributed by atoms with Gasteiger partial charge in [-0.1, -0.05) is 32.6 Å². The molecule has 0 bridgehead atoms. The highest BCUT2D eigenvalue weighted by Gasteiger charge is 1.97. The molecule has 0 rings (SSSR count). The van der Waals surface area contributed by atoms with E-state index < -0.39 is 0 Å². The molecule has 3 nitrogen and oxygen atoms in total. The van der Waals surface area contributed by atoms with Crippen LogP contribution in [0.4, 0.5) is 0 Å². The molecule has 0 radical (unpaired) electrons. The molecule has 4 N–H and O–H groups in total. The van der Waals surface area contributed by atoms with Crippen LogP contribution in [0.25, 0.3) is 0 Å². The fraction of sp³-hybridized carbons (Fsp3) is 1.00. The van der Waals surface area contributed by atoms with E-state index >= 15 is 0 Å². The molecule has 0 aromatic heterocycles. The average molecular weight is 174 g/mol. The molecule has 0 saturated heterocycles. The smallest absolute Gasteiger partial charge is 0.118 e. The van der Waals surface area contributed by atoms with E-state index in [4.69, 9.17) is 16.2 Å². The molecule has 0 saturated carbocycles. The van der Waals surface area contributed by atoms with Crippen molar-refractivity contribution >= 4 is 0 Å². The van der Waals surface area contributed by atoms with Crippen molar-refractivity contribution in [1.29, 1.82) is 0 Å². The normalized spacial score (nSPS) is 13.2. The van der Waals surface area contributed by atoms with Crippen LogP contribution in [-0.4, -0.2) is 19.4 Å². The van der Waals surface area contributed by atoms with Gasteiger partial charge < -0.3 is 16.2 Å². The van der Waals surface area contributed by atoms with Gasteiger partial charge in [-0.15, -0.1) is 0 Å². The molecule has 12 heavy (non-hydrogen) atoms. The summed E-state index contributed by atoms with van der Waals surface area (Å²) < 4.78 is 5.22. The molecule has 0 aromatic carbocycles. The number of rotatable bonds is 8. The number of nitrogens with two attached hydrogens (primary N) is 2. The summed E-state index contributed by atoms with van der Waals surface area (Å²) >= 11 is 0. The zero-order valence-electron chi connectivity index (χ0n) is 8.09. The first kappa shape index (κ1) is 11.9. The molecule has 0 aliphatic rings. The SMILES string of the molecule is CCCCCCCOC(N)CN. The Balaban J connectivity index is 2.90. The molecule has 0 heterocycles. The maximum Gasteiger partial charge on any atom is 0.118 e. The number of ether oxygens (including phenoxy) is 1. The van der Waals surface area contributed by atoms with Crippen molar-refractivity contribution < 1.29 is 4.74 Å². The van der Waals surface area contributed by atoms with Gasteiger partial charge in [0.15, 0.2) is 0 Å². The zero-order chi connectivity index (χ0) is 9.23. The van der Waals surface area contributed by atoms with E-state index in [2.05, 4.69) is 6.92 Å². The molecule has 0 fully saturated rings. The largest absolute Gasteiger partial charge is 0.362 e. The third-order valence-electron chi connectivity index (χ3n) is 1.81. The van der Waals surface area contributed by atoms with Gasteiger partial charge in [0.2, 0.25) is 0 Å². The van der Waals surface area contributed by atoms with Crippen LogP contribution >= 0.6 is 0 Å². The lowest BCUT2D eigenvalue weighted by Gasteiger charge is -2.09. The highest BCUT2D eigenvalue weighted by molar-refractivity contribution is 4.47. The summed E-state index contributed by atoms with van der Waals surface area (Å²) in [5.41, 5.74) is 10.8. The summed E-state index contributed by atoms with van der Waals surface area (Å²) in [6.07, 6.45) is 5.99. The number of unbranched alkanes of at least 4 members (excludes halogenated alkanes) is 4. The summed E-state index contributed by atoms with van der Waals surface area (Å²) in [4.78, 5) is 0. The Morgan fingerprint density at radius 1 is 1.17 bits per heavy atom. The van der Waals surface area contributed by atoms with Gasteiger partial charge in [-0.3, -0.25) is 0 Å². The second-order valence-corrected chi connectivity index (χ2v) is 3.06. The summed E-state index contributed by atoms with van der Waals surface area (Å²) in [5, 5.41) is 0. The molecule has 0 amide bonds. The first-order chi connectivity index (χ1) is 5.81. The Kier molecular flexibility index (Phi) is 8.88. The van der Waals surface area contributed by atoms with Gasteiger partial charge in [0.1, 0.15) is 6.23 Å². The predicted octanol–water partition coefficient (Wildman–Crippen LogP) is 1.22. The minimum Gasteiger partial charge on any atom is -0.362 e. The first-order valence-electron chi connectivity index (χ1n) is 4.88. The van der Waals surface area contributed by atoms with Crippen molar-refractivity contribution in [2.45, 2.75) is 45.3 Å². The van der Waals surface area contributed by atoms with Crippen LogP contribution in [0.1, 0.15) is 39.0 Å². The van der Waals surface area contributed by atoms with Crippen LogP contribution in [0.15, 0.2) is 0 Å². The van der Waals surface area contributed by atoms with Crippen LogP contribution in [0, 0.1) is 0 Å². The molecular weight excluding hydrogens is 152 g/mol. The Morgan fingerprint density at radius 3 is 2.42 bits per heavy atom.